The number of carbonyl (C=O) groups is 2. The fourth-order valence-corrected chi connectivity index (χ4v) is 2.93. The van der Waals surface area contributed by atoms with Gasteiger partial charge in [0.25, 0.3) is 5.91 Å². The first kappa shape index (κ1) is 17.8. The maximum Gasteiger partial charge on any atom is 0.422 e. The zero-order valence-corrected chi connectivity index (χ0v) is 14.9. The van der Waals surface area contributed by atoms with E-state index < -0.39 is 17.6 Å². The SMILES string of the molecule is C=CC(=O)N(C(=O)OC(C)(C)C)c1sc(-c2cccnc2)nc1C. The van der Waals surface area contributed by atoms with Crippen LogP contribution in [0.5, 0.6) is 0 Å². The first-order valence-corrected chi connectivity index (χ1v) is 8.12. The summed E-state index contributed by atoms with van der Waals surface area (Å²) in [7, 11) is 0. The first-order valence-electron chi connectivity index (χ1n) is 7.30. The third-order valence-electron chi connectivity index (χ3n) is 2.85. The molecule has 24 heavy (non-hydrogen) atoms. The minimum atomic E-state index is -0.753. The van der Waals surface area contributed by atoms with Crippen molar-refractivity contribution in [1.29, 1.82) is 0 Å². The van der Waals surface area contributed by atoms with E-state index in [0.717, 1.165) is 16.5 Å². The third kappa shape index (κ3) is 4.05. The number of amides is 2. The Balaban J connectivity index is 2.44. The lowest BCUT2D eigenvalue weighted by atomic mass is 10.2. The molecule has 2 amide bonds. The molecule has 126 valence electrons. The molecule has 2 aromatic heterocycles. The molecule has 7 heteroatoms. The Hall–Kier alpha value is -2.54. The van der Waals surface area contributed by atoms with Gasteiger partial charge in [0, 0.05) is 18.0 Å². The highest BCUT2D eigenvalue weighted by Crippen LogP contribution is 2.35. The summed E-state index contributed by atoms with van der Waals surface area (Å²) in [5.41, 5.74) is 0.647. The molecule has 2 rings (SSSR count). The number of carbonyl (C=O) groups excluding carboxylic acids is 2. The van der Waals surface area contributed by atoms with Gasteiger partial charge in [0.1, 0.15) is 15.6 Å². The molecular weight excluding hydrogens is 326 g/mol. The van der Waals surface area contributed by atoms with Gasteiger partial charge in [-0.05, 0) is 45.9 Å². The van der Waals surface area contributed by atoms with E-state index in [1.807, 2.05) is 6.07 Å². The molecule has 0 saturated heterocycles. The molecule has 0 bridgehead atoms. The number of hydrogen-bond donors (Lipinski definition) is 0. The molecule has 0 aliphatic rings. The van der Waals surface area contributed by atoms with Gasteiger partial charge >= 0.3 is 6.09 Å². The lowest BCUT2D eigenvalue weighted by Gasteiger charge is -2.24. The van der Waals surface area contributed by atoms with Crippen LogP contribution < -0.4 is 4.90 Å². The summed E-state index contributed by atoms with van der Waals surface area (Å²) in [4.78, 5) is 34.1. The summed E-state index contributed by atoms with van der Waals surface area (Å²) in [6.45, 7) is 10.4. The van der Waals surface area contributed by atoms with E-state index in [1.54, 1.807) is 46.2 Å². The van der Waals surface area contributed by atoms with Crippen LogP contribution in [-0.2, 0) is 9.53 Å². The Bertz CT molecular complexity index is 763. The lowest BCUT2D eigenvalue weighted by Crippen LogP contribution is -2.40. The largest absolute Gasteiger partial charge is 0.443 e. The van der Waals surface area contributed by atoms with Gasteiger partial charge in [-0.2, -0.15) is 0 Å². The van der Waals surface area contributed by atoms with Gasteiger partial charge in [-0.15, -0.1) is 0 Å². The fraction of sp³-hybridized carbons (Fsp3) is 0.294. The van der Waals surface area contributed by atoms with Crippen molar-refractivity contribution in [3.8, 4) is 10.6 Å². The van der Waals surface area contributed by atoms with Crippen molar-refractivity contribution in [2.45, 2.75) is 33.3 Å². The highest BCUT2D eigenvalue weighted by atomic mass is 32.1. The second-order valence-electron chi connectivity index (χ2n) is 6.01. The van der Waals surface area contributed by atoms with Gasteiger partial charge < -0.3 is 4.74 Å². The zero-order valence-electron chi connectivity index (χ0n) is 14.1. The number of thiazole rings is 1. The molecule has 0 aliphatic carbocycles. The third-order valence-corrected chi connectivity index (χ3v) is 4.05. The van der Waals surface area contributed by atoms with Crippen molar-refractivity contribution in [2.24, 2.45) is 0 Å². The van der Waals surface area contributed by atoms with E-state index in [-0.39, 0.29) is 0 Å². The average molecular weight is 345 g/mol. The number of aromatic nitrogens is 2. The number of anilines is 1. The Morgan fingerprint density at radius 2 is 2.08 bits per heavy atom. The van der Waals surface area contributed by atoms with Gasteiger partial charge in [-0.1, -0.05) is 17.9 Å². The topological polar surface area (TPSA) is 72.4 Å². The number of pyridine rings is 1. The molecule has 0 radical (unpaired) electrons. The van der Waals surface area contributed by atoms with E-state index in [4.69, 9.17) is 4.74 Å². The zero-order chi connectivity index (χ0) is 17.9. The van der Waals surface area contributed by atoms with Gasteiger partial charge in [-0.25, -0.2) is 14.7 Å². The van der Waals surface area contributed by atoms with E-state index in [1.165, 1.54) is 11.3 Å². The minimum Gasteiger partial charge on any atom is -0.443 e. The van der Waals surface area contributed by atoms with Gasteiger partial charge in [0.2, 0.25) is 0 Å². The molecule has 0 saturated carbocycles. The quantitative estimate of drug-likeness (QED) is 0.787. The van der Waals surface area contributed by atoms with E-state index in [2.05, 4.69) is 16.5 Å². The molecule has 0 aliphatic heterocycles. The van der Waals surface area contributed by atoms with Crippen molar-refractivity contribution in [3.63, 3.8) is 0 Å². The number of imide groups is 1. The minimum absolute atomic E-state index is 0.410. The fourth-order valence-electron chi connectivity index (χ4n) is 1.88. The standard InChI is InChI=1S/C17H19N3O3S/c1-6-13(21)20(16(22)23-17(3,4)5)15-11(2)19-14(24-15)12-8-7-9-18-10-12/h6-10H,1H2,2-5H3. The van der Waals surface area contributed by atoms with Gasteiger partial charge in [0.15, 0.2) is 0 Å². The second kappa shape index (κ2) is 6.92. The van der Waals surface area contributed by atoms with Crippen molar-refractivity contribution in [1.82, 2.24) is 9.97 Å². The van der Waals surface area contributed by atoms with Crippen LogP contribution in [0.4, 0.5) is 9.80 Å². The van der Waals surface area contributed by atoms with Crippen LogP contribution in [0, 0.1) is 6.92 Å². The summed E-state index contributed by atoms with van der Waals surface area (Å²) in [6.07, 6.45) is 3.66. The number of aryl methyl sites for hydroxylation is 1. The van der Waals surface area contributed by atoms with Crippen LogP contribution in [0.2, 0.25) is 0 Å². The molecule has 0 N–H and O–H groups in total. The highest BCUT2D eigenvalue weighted by molar-refractivity contribution is 7.19. The second-order valence-corrected chi connectivity index (χ2v) is 6.99. The van der Waals surface area contributed by atoms with Crippen molar-refractivity contribution in [2.75, 3.05) is 4.90 Å². The molecule has 0 spiro atoms. The first-order chi connectivity index (χ1) is 11.2. The lowest BCUT2D eigenvalue weighted by molar-refractivity contribution is -0.113. The maximum atomic E-state index is 12.5. The van der Waals surface area contributed by atoms with Crippen LogP contribution in [0.25, 0.3) is 10.6 Å². The Morgan fingerprint density at radius 1 is 1.38 bits per heavy atom. The van der Waals surface area contributed by atoms with Crippen LogP contribution in [0.1, 0.15) is 26.5 Å². The molecule has 2 heterocycles. The Labute approximate surface area is 144 Å². The van der Waals surface area contributed by atoms with Crippen molar-refractivity contribution in [3.05, 3.63) is 42.9 Å². The molecule has 2 aromatic rings. The normalized spacial score (nSPS) is 11.0. The van der Waals surface area contributed by atoms with Crippen LogP contribution in [0.3, 0.4) is 0 Å². The van der Waals surface area contributed by atoms with E-state index in [0.29, 0.717) is 15.7 Å². The monoisotopic (exact) mass is 345 g/mol. The summed E-state index contributed by atoms with van der Waals surface area (Å²) in [5, 5.41) is 1.08. The maximum absolute atomic E-state index is 12.5. The van der Waals surface area contributed by atoms with Crippen LogP contribution in [-0.4, -0.2) is 27.6 Å². The van der Waals surface area contributed by atoms with Crippen molar-refractivity contribution >= 4 is 28.3 Å². The summed E-state index contributed by atoms with van der Waals surface area (Å²) in [5.74, 6) is -0.561. The number of nitrogens with zero attached hydrogens (tertiary/aromatic N) is 3. The summed E-state index contributed by atoms with van der Waals surface area (Å²) >= 11 is 1.22. The molecule has 0 aromatic carbocycles. The van der Waals surface area contributed by atoms with Gasteiger partial charge in [0.05, 0.1) is 5.69 Å². The number of hydrogen-bond acceptors (Lipinski definition) is 6. The summed E-state index contributed by atoms with van der Waals surface area (Å²) < 4.78 is 5.33. The van der Waals surface area contributed by atoms with Crippen LogP contribution in [0.15, 0.2) is 37.2 Å². The smallest absolute Gasteiger partial charge is 0.422 e. The number of ether oxygens (including phenoxy) is 1. The molecule has 0 fully saturated rings. The average Bonchev–Trinajstić information content (AvgIpc) is 2.88. The van der Waals surface area contributed by atoms with Crippen molar-refractivity contribution < 1.29 is 14.3 Å². The highest BCUT2D eigenvalue weighted by Gasteiger charge is 2.30. The predicted octanol–water partition coefficient (Wildman–Crippen LogP) is 3.97. The molecule has 6 nitrogen and oxygen atoms in total. The van der Waals surface area contributed by atoms with Gasteiger partial charge in [-0.3, -0.25) is 9.78 Å². The van der Waals surface area contributed by atoms with Crippen LogP contribution >= 0.6 is 11.3 Å². The molecular formula is C17H19N3O3S. The molecule has 0 atom stereocenters. The predicted molar refractivity (Wildman–Crippen MR) is 94.0 cm³/mol. The van der Waals surface area contributed by atoms with E-state index >= 15 is 0 Å². The number of rotatable bonds is 3. The van der Waals surface area contributed by atoms with E-state index in [9.17, 15) is 9.59 Å². The molecule has 0 unspecified atom stereocenters. The summed E-state index contributed by atoms with van der Waals surface area (Å²) in [6, 6.07) is 3.66. The Morgan fingerprint density at radius 3 is 2.62 bits per heavy atom. The Kier molecular flexibility index (Phi) is 5.14.